The van der Waals surface area contributed by atoms with E-state index in [1.165, 1.54) is 0 Å². The average molecular weight is 431 g/mol. The summed E-state index contributed by atoms with van der Waals surface area (Å²) in [6, 6.07) is -3.23. The molecule has 4 unspecified atom stereocenters. The van der Waals surface area contributed by atoms with Gasteiger partial charge in [-0.25, -0.2) is 4.79 Å². The fourth-order valence-corrected chi connectivity index (χ4v) is 2.63. The molecule has 4 atom stereocenters. The van der Waals surface area contributed by atoms with E-state index in [0.29, 0.717) is 12.8 Å². The van der Waals surface area contributed by atoms with E-state index >= 15 is 0 Å². The highest BCUT2D eigenvalue weighted by molar-refractivity contribution is 5.92. The molecule has 0 bridgehead atoms. The van der Waals surface area contributed by atoms with Gasteiger partial charge in [-0.1, -0.05) is 34.1 Å². The first-order valence-electron chi connectivity index (χ1n) is 9.96. The zero-order valence-electron chi connectivity index (χ0n) is 17.9. The number of aliphatic carboxylic acids is 2. The first-order chi connectivity index (χ1) is 13.9. The number of hydrogen-bond donors (Lipinski definition) is 6. The van der Waals surface area contributed by atoms with Crippen LogP contribution in [0.3, 0.4) is 0 Å². The summed E-state index contributed by atoms with van der Waals surface area (Å²) < 4.78 is 0. The van der Waals surface area contributed by atoms with Gasteiger partial charge >= 0.3 is 11.9 Å². The number of amides is 3. The molecule has 0 aromatic heterocycles. The van der Waals surface area contributed by atoms with E-state index in [1.807, 2.05) is 13.8 Å². The fourth-order valence-electron chi connectivity index (χ4n) is 2.63. The van der Waals surface area contributed by atoms with Gasteiger partial charge in [0.15, 0.2) is 0 Å². The van der Waals surface area contributed by atoms with Crippen molar-refractivity contribution in [1.29, 1.82) is 0 Å². The van der Waals surface area contributed by atoms with Crippen LogP contribution in [0, 0.1) is 11.8 Å². The van der Waals surface area contributed by atoms with Gasteiger partial charge in [-0.15, -0.1) is 0 Å². The Morgan fingerprint density at radius 3 is 2.03 bits per heavy atom. The van der Waals surface area contributed by atoms with Crippen molar-refractivity contribution in [3.8, 4) is 0 Å². The van der Waals surface area contributed by atoms with Crippen LogP contribution >= 0.6 is 0 Å². The van der Waals surface area contributed by atoms with Gasteiger partial charge in [0.05, 0.1) is 12.6 Å². The molecule has 0 spiro atoms. The van der Waals surface area contributed by atoms with Crippen LogP contribution in [-0.4, -0.2) is 64.5 Å². The second kappa shape index (κ2) is 13.5. The van der Waals surface area contributed by atoms with Gasteiger partial charge in [0, 0.05) is 6.42 Å². The predicted octanol–water partition coefficient (Wildman–Crippen LogP) is -0.559. The Kier molecular flexibility index (Phi) is 12.3. The van der Waals surface area contributed by atoms with Crippen molar-refractivity contribution in [3.05, 3.63) is 0 Å². The van der Waals surface area contributed by atoms with Crippen LogP contribution in [0.25, 0.3) is 0 Å². The highest BCUT2D eigenvalue weighted by atomic mass is 16.4. The lowest BCUT2D eigenvalue weighted by atomic mass is 9.98. The largest absolute Gasteiger partial charge is 0.481 e. The Labute approximate surface area is 176 Å². The summed E-state index contributed by atoms with van der Waals surface area (Å²) in [7, 11) is 0. The molecule has 0 aliphatic carbocycles. The monoisotopic (exact) mass is 430 g/mol. The molecule has 7 N–H and O–H groups in total. The Morgan fingerprint density at radius 1 is 0.967 bits per heavy atom. The van der Waals surface area contributed by atoms with Crippen molar-refractivity contribution < 1.29 is 34.2 Å². The van der Waals surface area contributed by atoms with Gasteiger partial charge in [0.2, 0.25) is 17.7 Å². The van der Waals surface area contributed by atoms with E-state index in [1.54, 1.807) is 13.8 Å². The zero-order valence-corrected chi connectivity index (χ0v) is 17.9. The van der Waals surface area contributed by atoms with Gasteiger partial charge in [-0.3, -0.25) is 19.2 Å². The van der Waals surface area contributed by atoms with Crippen LogP contribution in [-0.2, 0) is 24.0 Å². The third-order valence-electron chi connectivity index (χ3n) is 4.56. The summed E-state index contributed by atoms with van der Waals surface area (Å²) >= 11 is 0. The number of carbonyl (C=O) groups is 5. The molecule has 0 aliphatic heterocycles. The summed E-state index contributed by atoms with van der Waals surface area (Å²) in [4.78, 5) is 58.8. The molecular formula is C19H34N4O7. The molecule has 0 fully saturated rings. The lowest BCUT2D eigenvalue weighted by molar-refractivity contribution is -0.144. The Hall–Kier alpha value is -2.69. The average Bonchev–Trinajstić information content (AvgIpc) is 2.65. The summed E-state index contributed by atoms with van der Waals surface area (Å²) in [6.07, 6.45) is 0.279. The molecule has 11 nitrogen and oxygen atoms in total. The maximum absolute atomic E-state index is 12.5. The molecule has 0 aromatic rings. The van der Waals surface area contributed by atoms with Gasteiger partial charge in [0.25, 0.3) is 0 Å². The standard InChI is InChI=1S/C19H34N4O7/c1-5-11(4)16(19(29)30)23-18(28)13(6-7-15(25)26)22-14(24)9-21-17(27)12(20)8-10(2)3/h10-13,16H,5-9,20H2,1-4H3,(H,21,27)(H,22,24)(H,23,28)(H,25,26)(H,29,30). The summed E-state index contributed by atoms with van der Waals surface area (Å²) in [6.45, 7) is 6.77. The molecular weight excluding hydrogens is 396 g/mol. The molecule has 0 rings (SSSR count). The van der Waals surface area contributed by atoms with Crippen molar-refractivity contribution in [2.45, 2.75) is 71.5 Å². The number of carbonyl (C=O) groups excluding carboxylic acids is 3. The van der Waals surface area contributed by atoms with Crippen molar-refractivity contribution in [1.82, 2.24) is 16.0 Å². The summed E-state index contributed by atoms with van der Waals surface area (Å²) in [5, 5.41) is 25.2. The first-order valence-corrected chi connectivity index (χ1v) is 9.96. The third kappa shape index (κ3) is 10.7. The molecule has 0 heterocycles. The van der Waals surface area contributed by atoms with E-state index < -0.39 is 60.8 Å². The minimum absolute atomic E-state index is 0.191. The van der Waals surface area contributed by atoms with Crippen LogP contribution in [0.5, 0.6) is 0 Å². The van der Waals surface area contributed by atoms with Crippen molar-refractivity contribution in [3.63, 3.8) is 0 Å². The van der Waals surface area contributed by atoms with E-state index in [9.17, 15) is 29.1 Å². The van der Waals surface area contributed by atoms with Crippen molar-refractivity contribution in [2.24, 2.45) is 17.6 Å². The lowest BCUT2D eigenvalue weighted by Crippen LogP contribution is -2.55. The quantitative estimate of drug-likeness (QED) is 0.211. The fraction of sp³-hybridized carbons (Fsp3) is 0.737. The minimum Gasteiger partial charge on any atom is -0.481 e. The highest BCUT2D eigenvalue weighted by Gasteiger charge is 2.30. The van der Waals surface area contributed by atoms with Crippen molar-refractivity contribution >= 4 is 29.7 Å². The molecule has 0 saturated heterocycles. The maximum Gasteiger partial charge on any atom is 0.326 e. The summed E-state index contributed by atoms with van der Waals surface area (Å²) in [5.74, 6) is -4.63. The highest BCUT2D eigenvalue weighted by Crippen LogP contribution is 2.09. The van der Waals surface area contributed by atoms with E-state index in [0.717, 1.165) is 0 Å². The van der Waals surface area contributed by atoms with Crippen LogP contribution in [0.2, 0.25) is 0 Å². The molecule has 3 amide bonds. The molecule has 11 heteroatoms. The SMILES string of the molecule is CCC(C)C(NC(=O)C(CCC(=O)O)NC(=O)CNC(=O)C(N)CC(C)C)C(=O)O. The topological polar surface area (TPSA) is 188 Å². The normalized spacial score (nSPS) is 14.9. The molecule has 0 aromatic carbocycles. The predicted molar refractivity (Wildman–Crippen MR) is 108 cm³/mol. The van der Waals surface area contributed by atoms with Crippen LogP contribution in [0.1, 0.15) is 53.4 Å². The molecule has 0 radical (unpaired) electrons. The summed E-state index contributed by atoms with van der Waals surface area (Å²) in [5.41, 5.74) is 5.73. The zero-order chi connectivity index (χ0) is 23.4. The Balaban J connectivity index is 5.01. The van der Waals surface area contributed by atoms with E-state index in [4.69, 9.17) is 10.8 Å². The second-order valence-corrected chi connectivity index (χ2v) is 7.72. The number of rotatable bonds is 14. The second-order valence-electron chi connectivity index (χ2n) is 7.72. The maximum atomic E-state index is 12.5. The van der Waals surface area contributed by atoms with Crippen LogP contribution in [0.15, 0.2) is 0 Å². The first kappa shape index (κ1) is 27.3. The number of carboxylic acid groups (broad SMARTS) is 2. The third-order valence-corrected chi connectivity index (χ3v) is 4.56. The minimum atomic E-state index is -1.26. The number of carboxylic acids is 2. The molecule has 172 valence electrons. The van der Waals surface area contributed by atoms with Gasteiger partial charge in [-0.05, 0) is 24.7 Å². The molecule has 0 saturated carbocycles. The van der Waals surface area contributed by atoms with Gasteiger partial charge in [0.1, 0.15) is 12.1 Å². The Morgan fingerprint density at radius 2 is 1.57 bits per heavy atom. The number of nitrogens with one attached hydrogen (secondary N) is 3. The van der Waals surface area contributed by atoms with E-state index in [-0.39, 0.29) is 18.3 Å². The molecule has 0 aliphatic rings. The van der Waals surface area contributed by atoms with Crippen molar-refractivity contribution in [2.75, 3.05) is 6.54 Å². The van der Waals surface area contributed by atoms with E-state index in [2.05, 4.69) is 16.0 Å². The number of nitrogens with two attached hydrogens (primary N) is 1. The molecule has 30 heavy (non-hydrogen) atoms. The smallest absolute Gasteiger partial charge is 0.326 e. The van der Waals surface area contributed by atoms with Crippen LogP contribution < -0.4 is 21.7 Å². The Bertz CT molecular complexity index is 624. The van der Waals surface area contributed by atoms with Gasteiger partial charge < -0.3 is 31.9 Å². The lowest BCUT2D eigenvalue weighted by Gasteiger charge is -2.24. The van der Waals surface area contributed by atoms with Crippen LogP contribution in [0.4, 0.5) is 0 Å². The number of hydrogen-bond acceptors (Lipinski definition) is 6. The van der Waals surface area contributed by atoms with Gasteiger partial charge in [-0.2, -0.15) is 0 Å².